The van der Waals surface area contributed by atoms with Gasteiger partial charge in [-0.15, -0.1) is 11.4 Å². The molecule has 14 heavy (non-hydrogen) atoms. The average Bonchev–Trinajstić information content (AvgIpc) is 1.54. The third kappa shape index (κ3) is 4570. The van der Waals surface area contributed by atoms with Crippen LogP contribution in [-0.4, -0.2) is 46.1 Å². The van der Waals surface area contributed by atoms with Gasteiger partial charge in [0, 0.05) is 0 Å². The first-order valence-corrected chi connectivity index (χ1v) is 2.80. The van der Waals surface area contributed by atoms with Gasteiger partial charge < -0.3 is 29.5 Å². The molecular formula is C2H4Na2O9S. The monoisotopic (exact) mass is 250 g/mol. The summed E-state index contributed by atoms with van der Waals surface area (Å²) in [5.41, 5.74) is 0. The zero-order chi connectivity index (χ0) is 10.7. The van der Waals surface area contributed by atoms with E-state index < -0.39 is 23.7 Å². The fourth-order valence-corrected chi connectivity index (χ4v) is 0. The second kappa shape index (κ2) is 23.4. The van der Waals surface area contributed by atoms with Crippen molar-refractivity contribution < 1.29 is 102 Å². The molecule has 9 nitrogen and oxygen atoms in total. The van der Waals surface area contributed by atoms with Gasteiger partial charge in [0.2, 0.25) is 0 Å². The molecule has 0 saturated heterocycles. The van der Waals surface area contributed by atoms with Crippen LogP contribution in [0.25, 0.3) is 0 Å². The molecule has 0 aliphatic rings. The summed E-state index contributed by atoms with van der Waals surface area (Å²) in [4.78, 5) is 17.1. The van der Waals surface area contributed by atoms with Crippen molar-refractivity contribution in [3.05, 3.63) is 0 Å². The summed E-state index contributed by atoms with van der Waals surface area (Å²) < 4.78 is 25.3. The second-order valence-corrected chi connectivity index (χ2v) is 1.18. The van der Waals surface area contributed by atoms with Gasteiger partial charge in [0.1, 0.15) is 0 Å². The van der Waals surface area contributed by atoms with Crippen LogP contribution in [0.15, 0.2) is 0 Å². The summed E-state index contributed by atoms with van der Waals surface area (Å²) in [6, 6.07) is 0. The number of rotatable bonds is 0. The molecule has 0 aliphatic carbocycles. The standard InChI is InChI=1S/2CH2O3.2Na.H2O3S/c2*2-1(3)4;;;1-4(2)3/h2*(H2,2,3,4);;;(H2,1,2,3)/q;;2*+1;/p-2. The van der Waals surface area contributed by atoms with E-state index in [1.807, 2.05) is 0 Å². The Hall–Kier alpha value is 0.610. The largest absolute Gasteiger partial charge is 1.00 e. The Kier molecular flexibility index (Phi) is 49.0. The van der Waals surface area contributed by atoms with Crippen molar-refractivity contribution in [1.82, 2.24) is 0 Å². The second-order valence-electron chi connectivity index (χ2n) is 0.769. The molecule has 0 radical (unpaired) electrons. The molecule has 0 unspecified atom stereocenters. The summed E-state index contributed by atoms with van der Waals surface area (Å²) in [6.45, 7) is 0. The molecule has 0 spiro atoms. The fourth-order valence-electron chi connectivity index (χ4n) is 0. The molecular weight excluding hydrogens is 246 g/mol. The number of hydrogen-bond acceptors (Lipinski definition) is 5. The van der Waals surface area contributed by atoms with E-state index in [1.54, 1.807) is 0 Å². The van der Waals surface area contributed by atoms with Gasteiger partial charge in [-0.25, -0.2) is 9.59 Å². The van der Waals surface area contributed by atoms with Crippen LogP contribution < -0.4 is 59.1 Å². The van der Waals surface area contributed by atoms with Gasteiger partial charge in [-0.1, -0.05) is 0 Å². The first-order chi connectivity index (χ1) is 5.20. The van der Waals surface area contributed by atoms with Gasteiger partial charge in [0.25, 0.3) is 0 Å². The van der Waals surface area contributed by atoms with Crippen LogP contribution in [0.5, 0.6) is 0 Å². The van der Waals surface area contributed by atoms with Crippen molar-refractivity contribution in [3.63, 3.8) is 0 Å². The average molecular weight is 250 g/mol. The van der Waals surface area contributed by atoms with E-state index in [1.165, 1.54) is 0 Å². The summed E-state index contributed by atoms with van der Waals surface area (Å²) in [5.74, 6) is 0. The molecule has 0 aromatic carbocycles. The summed E-state index contributed by atoms with van der Waals surface area (Å²) in [5, 5.41) is 27.9. The number of carboxylic acid groups (broad SMARTS) is 4. The molecule has 4 N–H and O–H groups in total. The Morgan fingerprint density at radius 3 is 0.857 bits per heavy atom. The molecule has 0 aromatic rings. The molecule has 0 atom stereocenters. The van der Waals surface area contributed by atoms with Crippen molar-refractivity contribution in [1.29, 1.82) is 0 Å². The molecule has 74 valence electrons. The van der Waals surface area contributed by atoms with Crippen molar-refractivity contribution in [3.8, 4) is 0 Å². The van der Waals surface area contributed by atoms with E-state index in [0.29, 0.717) is 0 Å². The Morgan fingerprint density at radius 1 is 0.857 bits per heavy atom. The molecule has 0 amide bonds. The maximum atomic E-state index is 8.56. The van der Waals surface area contributed by atoms with E-state index in [9.17, 15) is 0 Å². The van der Waals surface area contributed by atoms with E-state index in [2.05, 4.69) is 0 Å². The van der Waals surface area contributed by atoms with Crippen LogP contribution in [0.1, 0.15) is 0 Å². The number of hydrogen-bond donors (Lipinski definition) is 4. The summed E-state index contributed by atoms with van der Waals surface area (Å²) >= 11 is -3.11. The van der Waals surface area contributed by atoms with Crippen molar-refractivity contribution >= 4 is 23.7 Å². The molecule has 0 heterocycles. The minimum atomic E-state index is -3.11. The Labute approximate surface area is 125 Å². The van der Waals surface area contributed by atoms with Crippen LogP contribution in [0, 0.1) is 0 Å². The van der Waals surface area contributed by atoms with E-state index in [0.717, 1.165) is 0 Å². The van der Waals surface area contributed by atoms with Gasteiger partial charge in [-0.3, -0.25) is 4.21 Å². The van der Waals surface area contributed by atoms with Gasteiger partial charge in [-0.2, -0.15) is 0 Å². The minimum Gasteiger partial charge on any atom is -0.784 e. The Balaban J connectivity index is -0.0000000270. The van der Waals surface area contributed by atoms with E-state index >= 15 is 0 Å². The smallest absolute Gasteiger partial charge is 0.784 e. The van der Waals surface area contributed by atoms with Crippen molar-refractivity contribution in [2.75, 3.05) is 0 Å². The van der Waals surface area contributed by atoms with Crippen LogP contribution in [0.3, 0.4) is 0 Å². The normalized spacial score (nSPS) is 5.93. The molecule has 0 aliphatic heterocycles. The van der Waals surface area contributed by atoms with E-state index in [-0.39, 0.29) is 59.1 Å². The third-order valence-electron chi connectivity index (χ3n) is 0. The Morgan fingerprint density at radius 2 is 0.857 bits per heavy atom. The third-order valence-corrected chi connectivity index (χ3v) is 0. The number of carbonyl (C=O) groups is 2. The molecule has 0 bridgehead atoms. The van der Waals surface area contributed by atoms with Gasteiger partial charge in [-0.05, 0) is 0 Å². The predicted molar refractivity (Wildman–Crippen MR) is 31.0 cm³/mol. The van der Waals surface area contributed by atoms with Crippen molar-refractivity contribution in [2.45, 2.75) is 0 Å². The zero-order valence-corrected chi connectivity index (χ0v) is 12.1. The van der Waals surface area contributed by atoms with Gasteiger partial charge in [0.15, 0.2) is 0 Å². The molecule has 0 saturated carbocycles. The van der Waals surface area contributed by atoms with Crippen LogP contribution in [-0.2, 0) is 11.4 Å². The quantitative estimate of drug-likeness (QED) is 0.240. The van der Waals surface area contributed by atoms with E-state index in [4.69, 9.17) is 43.3 Å². The predicted octanol–water partition coefficient (Wildman–Crippen LogP) is -6.55. The van der Waals surface area contributed by atoms with Crippen molar-refractivity contribution in [2.24, 2.45) is 0 Å². The first kappa shape index (κ1) is 29.3. The molecule has 0 fully saturated rings. The first-order valence-electron chi connectivity index (χ1n) is 1.80. The Bertz CT molecular complexity index is 118. The summed E-state index contributed by atoms with van der Waals surface area (Å²) in [6.07, 6.45) is -3.67. The topological polar surface area (TPSA) is 178 Å². The zero-order valence-electron chi connectivity index (χ0n) is 7.24. The molecule has 0 rings (SSSR count). The van der Waals surface area contributed by atoms with Crippen LogP contribution in [0.4, 0.5) is 9.59 Å². The fraction of sp³-hybridized carbons (Fsp3) is 0. The molecule has 0 aromatic heterocycles. The van der Waals surface area contributed by atoms with Crippen LogP contribution in [0.2, 0.25) is 0 Å². The summed E-state index contributed by atoms with van der Waals surface area (Å²) in [7, 11) is 0. The maximum absolute atomic E-state index is 8.56. The van der Waals surface area contributed by atoms with Gasteiger partial charge >= 0.3 is 71.4 Å². The van der Waals surface area contributed by atoms with Crippen LogP contribution >= 0.6 is 0 Å². The molecule has 12 heteroatoms. The SMILES string of the molecule is O=C(O)O.O=C(O)O.O=S([O-])[O-].[Na+].[Na+]. The van der Waals surface area contributed by atoms with Gasteiger partial charge in [0.05, 0.1) is 0 Å². The minimum absolute atomic E-state index is 0. The maximum Gasteiger partial charge on any atom is 1.00 e.